The summed E-state index contributed by atoms with van der Waals surface area (Å²) >= 11 is 1.05. The summed E-state index contributed by atoms with van der Waals surface area (Å²) < 4.78 is 42.8. The van der Waals surface area contributed by atoms with Crippen LogP contribution in [-0.4, -0.2) is 53.7 Å². The molecule has 0 bridgehead atoms. The molecule has 0 saturated carbocycles. The molecule has 1 aromatic heterocycles. The smallest absolute Gasteiger partial charge is 0.375 e. The average Bonchev–Trinajstić information content (AvgIpc) is 3.12. The Hall–Kier alpha value is -2.53. The first-order valence-electron chi connectivity index (χ1n) is 9.18. The van der Waals surface area contributed by atoms with Gasteiger partial charge in [-0.3, -0.25) is 9.59 Å². The first-order valence-corrected chi connectivity index (χ1v) is 9.99. The molecule has 0 atom stereocenters. The highest BCUT2D eigenvalue weighted by atomic mass is 32.1. The zero-order chi connectivity index (χ0) is 22.3. The fraction of sp³-hybridized carbons (Fsp3) is 0.474. The summed E-state index contributed by atoms with van der Waals surface area (Å²) in [5.41, 5.74) is -0.285. The van der Waals surface area contributed by atoms with Gasteiger partial charge in [-0.2, -0.15) is 13.2 Å². The van der Waals surface area contributed by atoms with E-state index in [-0.39, 0.29) is 42.4 Å². The second-order valence-corrected chi connectivity index (χ2v) is 7.93. The van der Waals surface area contributed by atoms with Crippen LogP contribution in [0.25, 0.3) is 10.6 Å². The summed E-state index contributed by atoms with van der Waals surface area (Å²) in [6, 6.07) is 4.55. The minimum atomic E-state index is -4.41. The van der Waals surface area contributed by atoms with Crippen LogP contribution in [0.2, 0.25) is 0 Å². The number of alkyl halides is 3. The van der Waals surface area contributed by atoms with Gasteiger partial charge >= 0.3 is 6.18 Å². The summed E-state index contributed by atoms with van der Waals surface area (Å²) in [4.78, 5) is 25.9. The van der Waals surface area contributed by atoms with E-state index in [4.69, 9.17) is 4.74 Å². The van der Waals surface area contributed by atoms with E-state index in [1.165, 1.54) is 19.2 Å². The summed E-state index contributed by atoms with van der Waals surface area (Å²) in [6.07, 6.45) is -4.34. The number of halogens is 3. The maximum absolute atomic E-state index is 12.7. The molecule has 1 heterocycles. The number of nitrogens with one attached hydrogen (secondary N) is 1. The molecule has 30 heavy (non-hydrogen) atoms. The lowest BCUT2D eigenvalue weighted by atomic mass is 10.1. The third-order valence-electron chi connectivity index (χ3n) is 3.95. The Morgan fingerprint density at radius 2 is 1.87 bits per heavy atom. The molecule has 2 rings (SSSR count). The van der Waals surface area contributed by atoms with Crippen LogP contribution in [0.15, 0.2) is 24.3 Å². The summed E-state index contributed by atoms with van der Waals surface area (Å²) in [5, 5.41) is 11.0. The van der Waals surface area contributed by atoms with Crippen LogP contribution in [0.1, 0.15) is 25.8 Å². The lowest BCUT2D eigenvalue weighted by Crippen LogP contribution is -2.38. The fourth-order valence-corrected chi connectivity index (χ4v) is 3.35. The van der Waals surface area contributed by atoms with Crippen molar-refractivity contribution < 1.29 is 27.5 Å². The monoisotopic (exact) mass is 444 g/mol. The topological polar surface area (TPSA) is 84.4 Å². The van der Waals surface area contributed by atoms with Gasteiger partial charge in [0.2, 0.25) is 16.9 Å². The average molecular weight is 444 g/mol. The number of anilines is 1. The normalized spacial score (nSPS) is 11.6. The van der Waals surface area contributed by atoms with Gasteiger partial charge in [-0.1, -0.05) is 37.3 Å². The number of ether oxygens (including phenoxy) is 1. The maximum Gasteiger partial charge on any atom is 0.416 e. The third-order valence-corrected chi connectivity index (χ3v) is 4.83. The van der Waals surface area contributed by atoms with Crippen molar-refractivity contribution in [3.8, 4) is 10.6 Å². The molecule has 0 spiro atoms. The van der Waals surface area contributed by atoms with Crippen molar-refractivity contribution in [2.24, 2.45) is 5.92 Å². The van der Waals surface area contributed by atoms with Gasteiger partial charge in [0.25, 0.3) is 0 Å². The number of benzene rings is 1. The number of hydrogen-bond acceptors (Lipinski definition) is 6. The first kappa shape index (κ1) is 23.7. The van der Waals surface area contributed by atoms with E-state index in [2.05, 4.69) is 15.5 Å². The predicted octanol–water partition coefficient (Wildman–Crippen LogP) is 3.68. The van der Waals surface area contributed by atoms with E-state index in [0.717, 1.165) is 23.5 Å². The van der Waals surface area contributed by atoms with Crippen molar-refractivity contribution in [3.05, 3.63) is 29.8 Å². The van der Waals surface area contributed by atoms with Crippen molar-refractivity contribution in [1.82, 2.24) is 15.1 Å². The van der Waals surface area contributed by atoms with Crippen molar-refractivity contribution in [2.75, 3.05) is 32.1 Å². The lowest BCUT2D eigenvalue weighted by molar-refractivity contribution is -0.138. The minimum Gasteiger partial charge on any atom is -0.375 e. The van der Waals surface area contributed by atoms with E-state index < -0.39 is 11.7 Å². The third kappa shape index (κ3) is 7.06. The predicted molar refractivity (Wildman–Crippen MR) is 107 cm³/mol. The second kappa shape index (κ2) is 10.5. The van der Waals surface area contributed by atoms with E-state index in [0.29, 0.717) is 17.1 Å². The molecule has 1 N–H and O–H groups in total. The van der Waals surface area contributed by atoms with E-state index in [1.54, 1.807) is 4.90 Å². The molecule has 164 valence electrons. The number of rotatable bonds is 9. The largest absolute Gasteiger partial charge is 0.416 e. The van der Waals surface area contributed by atoms with Gasteiger partial charge < -0.3 is 15.0 Å². The Morgan fingerprint density at radius 3 is 2.43 bits per heavy atom. The van der Waals surface area contributed by atoms with Gasteiger partial charge in [0.05, 0.1) is 5.56 Å². The van der Waals surface area contributed by atoms with Crippen molar-refractivity contribution >= 4 is 28.3 Å². The number of carbonyl (C=O) groups excluding carboxylic acids is 2. The van der Waals surface area contributed by atoms with Crippen LogP contribution in [-0.2, 0) is 20.5 Å². The molecule has 0 saturated heterocycles. The molecule has 7 nitrogen and oxygen atoms in total. The quantitative estimate of drug-likeness (QED) is 0.638. The molecule has 0 aliphatic carbocycles. The highest BCUT2D eigenvalue weighted by Crippen LogP contribution is 2.32. The number of carbonyl (C=O) groups is 2. The lowest BCUT2D eigenvalue weighted by Gasteiger charge is -2.24. The standard InChI is InChI=1S/C19H23F3N4O3S/c1-12(2)10-26(16(28)11-29-3)9-8-15(27)23-18-25-24-17(30-18)13-4-6-14(7-5-13)19(20,21)22/h4-7,12H,8-11H2,1-3H3,(H,23,25,27). The van der Waals surface area contributed by atoms with Crippen molar-refractivity contribution in [1.29, 1.82) is 0 Å². The molecule has 0 unspecified atom stereocenters. The summed E-state index contributed by atoms with van der Waals surface area (Å²) in [6.45, 7) is 4.62. The second-order valence-electron chi connectivity index (χ2n) is 6.95. The minimum absolute atomic E-state index is 0.0543. The van der Waals surface area contributed by atoms with Crippen LogP contribution < -0.4 is 5.32 Å². The van der Waals surface area contributed by atoms with E-state index in [1.807, 2.05) is 13.8 Å². The Bertz CT molecular complexity index is 853. The molecule has 2 amide bonds. The molecule has 0 radical (unpaired) electrons. The molecule has 0 aliphatic rings. The molecular weight excluding hydrogens is 421 g/mol. The number of nitrogens with zero attached hydrogens (tertiary/aromatic N) is 3. The highest BCUT2D eigenvalue weighted by molar-refractivity contribution is 7.18. The number of amides is 2. The van der Waals surface area contributed by atoms with Crippen molar-refractivity contribution in [2.45, 2.75) is 26.4 Å². The van der Waals surface area contributed by atoms with Crippen molar-refractivity contribution in [3.63, 3.8) is 0 Å². The van der Waals surface area contributed by atoms with Crippen LogP contribution in [0.4, 0.5) is 18.3 Å². The Labute approximate surface area is 176 Å². The van der Waals surface area contributed by atoms with Crippen LogP contribution in [0.5, 0.6) is 0 Å². The molecular formula is C19H23F3N4O3S. The number of methoxy groups -OCH3 is 1. The Morgan fingerprint density at radius 1 is 1.20 bits per heavy atom. The zero-order valence-electron chi connectivity index (χ0n) is 16.8. The van der Waals surface area contributed by atoms with Gasteiger partial charge in [-0.05, 0) is 18.1 Å². The van der Waals surface area contributed by atoms with Crippen LogP contribution >= 0.6 is 11.3 Å². The molecule has 0 fully saturated rings. The van der Waals surface area contributed by atoms with Crippen LogP contribution in [0.3, 0.4) is 0 Å². The summed E-state index contributed by atoms with van der Waals surface area (Å²) in [7, 11) is 1.43. The Kier molecular flexibility index (Phi) is 8.30. The number of aromatic nitrogens is 2. The molecule has 1 aromatic carbocycles. The van der Waals surface area contributed by atoms with Gasteiger partial charge in [0.15, 0.2) is 0 Å². The molecule has 2 aromatic rings. The fourth-order valence-electron chi connectivity index (χ4n) is 2.58. The summed E-state index contributed by atoms with van der Waals surface area (Å²) in [5.74, 6) is -0.299. The Balaban J connectivity index is 1.95. The van der Waals surface area contributed by atoms with E-state index in [9.17, 15) is 22.8 Å². The van der Waals surface area contributed by atoms with Gasteiger partial charge in [-0.25, -0.2) is 0 Å². The van der Waals surface area contributed by atoms with E-state index >= 15 is 0 Å². The first-order chi connectivity index (χ1) is 14.1. The SMILES string of the molecule is COCC(=O)N(CCC(=O)Nc1nnc(-c2ccc(C(F)(F)F)cc2)s1)CC(C)C. The molecule has 11 heteroatoms. The highest BCUT2D eigenvalue weighted by Gasteiger charge is 2.30. The van der Waals surface area contributed by atoms with Gasteiger partial charge in [-0.15, -0.1) is 10.2 Å². The van der Waals surface area contributed by atoms with Gasteiger partial charge in [0, 0.05) is 32.2 Å². The number of hydrogen-bond donors (Lipinski definition) is 1. The van der Waals surface area contributed by atoms with Gasteiger partial charge in [0.1, 0.15) is 11.6 Å². The maximum atomic E-state index is 12.7. The van der Waals surface area contributed by atoms with Crippen LogP contribution in [0, 0.1) is 5.92 Å². The molecule has 0 aliphatic heterocycles. The zero-order valence-corrected chi connectivity index (χ0v) is 17.6.